The highest BCUT2D eigenvalue weighted by molar-refractivity contribution is 5.68. The van der Waals surface area contributed by atoms with Crippen LogP contribution in [0.4, 0.5) is 4.79 Å². The molecule has 18 heavy (non-hydrogen) atoms. The molecule has 0 aromatic heterocycles. The molecular weight excluding hydrogens is 230 g/mol. The maximum atomic E-state index is 11.6. The van der Waals surface area contributed by atoms with Crippen molar-refractivity contribution in [3.63, 3.8) is 0 Å². The average molecular weight is 257 g/mol. The standard InChI is InChI=1S/C13H27N3O2/c1-13(2,3)18-12(17)16-11-6-5-10(9-11)15-8-4-7-14/h10-11,15H,4-9,14H2,1-3H3,(H,16,17). The summed E-state index contributed by atoms with van der Waals surface area (Å²) in [6, 6.07) is 0.728. The van der Waals surface area contributed by atoms with Crippen LogP contribution < -0.4 is 16.4 Å². The van der Waals surface area contributed by atoms with Crippen molar-refractivity contribution in [2.24, 2.45) is 5.73 Å². The topological polar surface area (TPSA) is 76.4 Å². The van der Waals surface area contributed by atoms with Gasteiger partial charge in [0.2, 0.25) is 0 Å². The first-order valence-electron chi connectivity index (χ1n) is 6.83. The molecule has 0 aromatic carbocycles. The lowest BCUT2D eigenvalue weighted by Gasteiger charge is -2.21. The minimum atomic E-state index is -0.429. The van der Waals surface area contributed by atoms with Crippen LogP contribution in [-0.2, 0) is 4.74 Å². The first-order chi connectivity index (χ1) is 8.40. The molecular formula is C13H27N3O2. The van der Waals surface area contributed by atoms with E-state index in [4.69, 9.17) is 10.5 Å². The Morgan fingerprint density at radius 2 is 2.00 bits per heavy atom. The van der Waals surface area contributed by atoms with Crippen molar-refractivity contribution in [2.75, 3.05) is 13.1 Å². The third kappa shape index (κ3) is 6.21. The summed E-state index contributed by atoms with van der Waals surface area (Å²) in [5.41, 5.74) is 5.02. The zero-order valence-electron chi connectivity index (χ0n) is 11.8. The number of hydrogen-bond donors (Lipinski definition) is 3. The van der Waals surface area contributed by atoms with Gasteiger partial charge in [-0.2, -0.15) is 0 Å². The van der Waals surface area contributed by atoms with Crippen LogP contribution in [0.1, 0.15) is 46.5 Å². The molecule has 0 bridgehead atoms. The zero-order chi connectivity index (χ0) is 13.6. The maximum Gasteiger partial charge on any atom is 0.407 e. The van der Waals surface area contributed by atoms with E-state index in [0.717, 1.165) is 38.8 Å². The van der Waals surface area contributed by atoms with Gasteiger partial charge in [0.15, 0.2) is 0 Å². The molecule has 5 heteroatoms. The lowest BCUT2D eigenvalue weighted by molar-refractivity contribution is 0.0505. The highest BCUT2D eigenvalue weighted by Gasteiger charge is 2.27. The minimum Gasteiger partial charge on any atom is -0.444 e. The van der Waals surface area contributed by atoms with Crippen molar-refractivity contribution >= 4 is 6.09 Å². The highest BCUT2D eigenvalue weighted by atomic mass is 16.6. The Balaban J connectivity index is 2.19. The van der Waals surface area contributed by atoms with E-state index in [-0.39, 0.29) is 12.1 Å². The van der Waals surface area contributed by atoms with Crippen molar-refractivity contribution in [3.8, 4) is 0 Å². The number of hydrogen-bond acceptors (Lipinski definition) is 4. The van der Waals surface area contributed by atoms with E-state index in [1.165, 1.54) is 0 Å². The van der Waals surface area contributed by atoms with Crippen LogP contribution in [0.15, 0.2) is 0 Å². The molecule has 1 aliphatic rings. The van der Waals surface area contributed by atoms with Gasteiger partial charge in [0, 0.05) is 12.1 Å². The van der Waals surface area contributed by atoms with Gasteiger partial charge >= 0.3 is 6.09 Å². The third-order valence-electron chi connectivity index (χ3n) is 2.97. The van der Waals surface area contributed by atoms with Crippen LogP contribution in [0.2, 0.25) is 0 Å². The Labute approximate surface area is 110 Å². The molecule has 106 valence electrons. The number of nitrogens with two attached hydrogens (primary N) is 1. The number of alkyl carbamates (subject to hydrolysis) is 1. The number of carbonyl (C=O) groups excluding carboxylic acids is 1. The van der Waals surface area contributed by atoms with Crippen LogP contribution in [0, 0.1) is 0 Å². The maximum absolute atomic E-state index is 11.6. The first-order valence-corrected chi connectivity index (χ1v) is 6.83. The van der Waals surface area contributed by atoms with Gasteiger partial charge in [-0.15, -0.1) is 0 Å². The van der Waals surface area contributed by atoms with Gasteiger partial charge < -0.3 is 21.1 Å². The van der Waals surface area contributed by atoms with Gasteiger partial charge in [0.1, 0.15) is 5.60 Å². The fraction of sp³-hybridized carbons (Fsp3) is 0.923. The fourth-order valence-electron chi connectivity index (χ4n) is 2.18. The molecule has 0 aromatic rings. The molecule has 0 aliphatic heterocycles. The molecule has 1 aliphatic carbocycles. The zero-order valence-corrected chi connectivity index (χ0v) is 11.8. The van der Waals surface area contributed by atoms with Crippen LogP contribution >= 0.6 is 0 Å². The SMILES string of the molecule is CC(C)(C)OC(=O)NC1CCC(NCCCN)C1. The Hall–Kier alpha value is -0.810. The number of nitrogens with one attached hydrogen (secondary N) is 2. The molecule has 2 atom stereocenters. The van der Waals surface area contributed by atoms with Gasteiger partial charge in [-0.25, -0.2) is 4.79 Å². The number of amides is 1. The van der Waals surface area contributed by atoms with Gasteiger partial charge in [0.25, 0.3) is 0 Å². The van der Waals surface area contributed by atoms with Crippen molar-refractivity contribution in [1.82, 2.24) is 10.6 Å². The summed E-state index contributed by atoms with van der Waals surface area (Å²) in [4.78, 5) is 11.6. The first kappa shape index (κ1) is 15.2. The van der Waals surface area contributed by atoms with Gasteiger partial charge in [-0.05, 0) is 59.5 Å². The molecule has 0 saturated heterocycles. The Kier molecular flexibility index (Phi) is 5.88. The van der Waals surface area contributed by atoms with Crippen molar-refractivity contribution in [1.29, 1.82) is 0 Å². The summed E-state index contributed by atoms with van der Waals surface area (Å²) in [6.45, 7) is 7.30. The molecule has 5 nitrogen and oxygen atoms in total. The second kappa shape index (κ2) is 6.95. The summed E-state index contributed by atoms with van der Waals surface area (Å²) in [6.07, 6.45) is 3.78. The van der Waals surface area contributed by atoms with Gasteiger partial charge in [0.05, 0.1) is 0 Å². The molecule has 0 heterocycles. The molecule has 1 saturated carbocycles. The monoisotopic (exact) mass is 257 g/mol. The quantitative estimate of drug-likeness (QED) is 0.650. The van der Waals surface area contributed by atoms with Gasteiger partial charge in [-0.1, -0.05) is 0 Å². The molecule has 1 amide bonds. The smallest absolute Gasteiger partial charge is 0.407 e. The van der Waals surface area contributed by atoms with E-state index in [1.54, 1.807) is 0 Å². The van der Waals surface area contributed by atoms with E-state index < -0.39 is 5.60 Å². The lowest BCUT2D eigenvalue weighted by Crippen LogP contribution is -2.39. The predicted molar refractivity (Wildman–Crippen MR) is 72.5 cm³/mol. The van der Waals surface area contributed by atoms with Crippen molar-refractivity contribution in [3.05, 3.63) is 0 Å². The number of ether oxygens (including phenoxy) is 1. The van der Waals surface area contributed by atoms with E-state index in [1.807, 2.05) is 20.8 Å². The molecule has 4 N–H and O–H groups in total. The summed E-state index contributed by atoms with van der Waals surface area (Å²) in [7, 11) is 0. The van der Waals surface area contributed by atoms with E-state index >= 15 is 0 Å². The summed E-state index contributed by atoms with van der Waals surface area (Å²) >= 11 is 0. The Bertz CT molecular complexity index is 263. The minimum absolute atomic E-state index is 0.232. The van der Waals surface area contributed by atoms with Crippen LogP contribution in [0.5, 0.6) is 0 Å². The number of carbonyl (C=O) groups is 1. The summed E-state index contributed by atoms with van der Waals surface area (Å²) in [5, 5.41) is 6.39. The van der Waals surface area contributed by atoms with Crippen LogP contribution in [0.3, 0.4) is 0 Å². The highest BCUT2D eigenvalue weighted by Crippen LogP contribution is 2.19. The molecule has 0 radical (unpaired) electrons. The Morgan fingerprint density at radius 3 is 2.61 bits per heavy atom. The lowest BCUT2D eigenvalue weighted by atomic mass is 10.2. The normalized spacial score (nSPS) is 24.0. The third-order valence-corrected chi connectivity index (χ3v) is 2.97. The average Bonchev–Trinajstić information content (AvgIpc) is 2.63. The van der Waals surface area contributed by atoms with E-state index in [0.29, 0.717) is 6.04 Å². The number of rotatable bonds is 5. The summed E-state index contributed by atoms with van der Waals surface area (Å²) < 4.78 is 5.25. The second-order valence-electron chi connectivity index (χ2n) is 5.95. The second-order valence-corrected chi connectivity index (χ2v) is 5.95. The largest absolute Gasteiger partial charge is 0.444 e. The fourth-order valence-corrected chi connectivity index (χ4v) is 2.18. The van der Waals surface area contributed by atoms with Gasteiger partial charge in [-0.3, -0.25) is 0 Å². The van der Waals surface area contributed by atoms with E-state index in [9.17, 15) is 4.79 Å². The molecule has 1 fully saturated rings. The predicted octanol–water partition coefficient (Wildman–Crippen LogP) is 1.37. The molecule has 0 spiro atoms. The Morgan fingerprint density at radius 1 is 1.33 bits per heavy atom. The molecule has 2 unspecified atom stereocenters. The van der Waals surface area contributed by atoms with Crippen molar-refractivity contribution in [2.45, 2.75) is 64.1 Å². The van der Waals surface area contributed by atoms with E-state index in [2.05, 4.69) is 10.6 Å². The molecule has 1 rings (SSSR count). The van der Waals surface area contributed by atoms with Crippen LogP contribution in [-0.4, -0.2) is 36.9 Å². The van der Waals surface area contributed by atoms with Crippen LogP contribution in [0.25, 0.3) is 0 Å². The summed E-state index contributed by atoms with van der Waals surface area (Å²) in [5.74, 6) is 0. The van der Waals surface area contributed by atoms with Crippen molar-refractivity contribution < 1.29 is 9.53 Å².